The monoisotopic (exact) mass is 305 g/mol. The van der Waals surface area contributed by atoms with Crippen LogP contribution in [0.5, 0.6) is 0 Å². The van der Waals surface area contributed by atoms with E-state index in [1.54, 1.807) is 17.5 Å². The van der Waals surface area contributed by atoms with Gasteiger partial charge in [-0.2, -0.15) is 0 Å². The summed E-state index contributed by atoms with van der Waals surface area (Å²) < 4.78 is 18.4. The lowest BCUT2D eigenvalue weighted by Gasteiger charge is -2.10. The van der Waals surface area contributed by atoms with Gasteiger partial charge in [0.25, 0.3) is 0 Å². The Morgan fingerprint density at radius 2 is 2.10 bits per heavy atom. The van der Waals surface area contributed by atoms with Crippen molar-refractivity contribution < 1.29 is 13.9 Å². The Hall–Kier alpha value is -1.75. The number of thiazole rings is 1. The van der Waals surface area contributed by atoms with Gasteiger partial charge in [0.15, 0.2) is 5.69 Å². The van der Waals surface area contributed by atoms with Gasteiger partial charge >= 0.3 is 5.97 Å². The predicted molar refractivity (Wildman–Crippen MR) is 79.7 cm³/mol. The fraction of sp³-hybridized carbons (Fsp3) is 0.375. The van der Waals surface area contributed by atoms with E-state index in [2.05, 4.69) is 11.9 Å². The number of carbonyl (C=O) groups is 1. The molecule has 3 nitrogen and oxygen atoms in total. The van der Waals surface area contributed by atoms with E-state index in [9.17, 15) is 9.18 Å². The van der Waals surface area contributed by atoms with Crippen molar-refractivity contribution in [2.45, 2.75) is 32.3 Å². The molecule has 0 amide bonds. The van der Waals surface area contributed by atoms with Gasteiger partial charge in [-0.1, -0.05) is 6.92 Å². The fourth-order valence-electron chi connectivity index (χ4n) is 2.57. The molecule has 5 heteroatoms. The average Bonchev–Trinajstić information content (AvgIpc) is 3.09. The van der Waals surface area contributed by atoms with Gasteiger partial charge in [0.1, 0.15) is 16.9 Å². The van der Waals surface area contributed by atoms with Crippen molar-refractivity contribution in [3.63, 3.8) is 0 Å². The number of aromatic nitrogens is 1. The molecule has 0 aliphatic heterocycles. The molecule has 0 N–H and O–H groups in total. The SMILES string of the molecule is C[C@H]1CC[C@H](OC(=O)c2csc(-c3ccc(F)cc3)n2)C1. The summed E-state index contributed by atoms with van der Waals surface area (Å²) >= 11 is 1.36. The van der Waals surface area contributed by atoms with E-state index in [4.69, 9.17) is 4.74 Å². The second-order valence-corrected chi connectivity index (χ2v) is 6.35. The van der Waals surface area contributed by atoms with Crippen LogP contribution < -0.4 is 0 Å². The number of ether oxygens (including phenoxy) is 1. The summed E-state index contributed by atoms with van der Waals surface area (Å²) in [5, 5.41) is 2.39. The third-order valence-electron chi connectivity index (χ3n) is 3.72. The van der Waals surface area contributed by atoms with E-state index >= 15 is 0 Å². The Morgan fingerprint density at radius 1 is 1.33 bits per heavy atom. The predicted octanol–water partition coefficient (Wildman–Crippen LogP) is 4.29. The third-order valence-corrected chi connectivity index (χ3v) is 4.62. The van der Waals surface area contributed by atoms with Crippen molar-refractivity contribution in [3.05, 3.63) is 41.2 Å². The first kappa shape index (κ1) is 14.2. The van der Waals surface area contributed by atoms with Crippen LogP contribution in [0.1, 0.15) is 36.7 Å². The Labute approximate surface area is 126 Å². The number of carbonyl (C=O) groups excluding carboxylic acids is 1. The largest absolute Gasteiger partial charge is 0.458 e. The zero-order valence-electron chi connectivity index (χ0n) is 11.7. The molecule has 1 aliphatic carbocycles. The van der Waals surface area contributed by atoms with E-state index in [1.807, 2.05) is 0 Å². The Morgan fingerprint density at radius 3 is 2.76 bits per heavy atom. The highest BCUT2D eigenvalue weighted by Crippen LogP contribution is 2.29. The van der Waals surface area contributed by atoms with E-state index in [0.717, 1.165) is 24.8 Å². The van der Waals surface area contributed by atoms with Crippen LogP contribution in [0.2, 0.25) is 0 Å². The van der Waals surface area contributed by atoms with Crippen molar-refractivity contribution in [2.24, 2.45) is 5.92 Å². The highest BCUT2D eigenvalue weighted by molar-refractivity contribution is 7.13. The lowest BCUT2D eigenvalue weighted by Crippen LogP contribution is -2.15. The maximum atomic E-state index is 12.9. The molecule has 1 heterocycles. The van der Waals surface area contributed by atoms with Crippen LogP contribution in [-0.4, -0.2) is 17.1 Å². The molecule has 1 saturated carbocycles. The molecule has 0 bridgehead atoms. The highest BCUT2D eigenvalue weighted by atomic mass is 32.1. The Balaban J connectivity index is 1.69. The number of rotatable bonds is 3. The van der Waals surface area contributed by atoms with Crippen molar-refractivity contribution in [1.29, 1.82) is 0 Å². The minimum atomic E-state index is -0.362. The summed E-state index contributed by atoms with van der Waals surface area (Å²) in [5.41, 5.74) is 1.13. The standard InChI is InChI=1S/C16H16FNO2S/c1-10-2-7-13(8-10)20-16(19)14-9-21-15(18-14)11-3-5-12(17)6-4-11/h3-6,9-10,13H,2,7-8H2,1H3/t10-,13-/m0/s1. The zero-order chi connectivity index (χ0) is 14.8. The lowest BCUT2D eigenvalue weighted by atomic mass is 10.1. The molecule has 3 rings (SSSR count). The Bertz CT molecular complexity index is 638. The molecule has 0 unspecified atom stereocenters. The molecule has 21 heavy (non-hydrogen) atoms. The van der Waals surface area contributed by atoms with Gasteiger partial charge in [0, 0.05) is 10.9 Å². The van der Waals surface area contributed by atoms with Crippen LogP contribution in [0.4, 0.5) is 4.39 Å². The molecule has 0 radical (unpaired) electrons. The van der Waals surface area contributed by atoms with E-state index in [1.165, 1.54) is 23.5 Å². The molecule has 110 valence electrons. The number of hydrogen-bond donors (Lipinski definition) is 0. The van der Waals surface area contributed by atoms with Crippen LogP contribution in [0.25, 0.3) is 10.6 Å². The topological polar surface area (TPSA) is 39.2 Å². The van der Waals surface area contributed by atoms with Crippen LogP contribution in [0, 0.1) is 11.7 Å². The summed E-state index contributed by atoms with van der Waals surface area (Å²) in [4.78, 5) is 16.4. The summed E-state index contributed by atoms with van der Waals surface area (Å²) in [6, 6.07) is 6.08. The van der Waals surface area contributed by atoms with Crippen molar-refractivity contribution >= 4 is 17.3 Å². The maximum absolute atomic E-state index is 12.9. The quantitative estimate of drug-likeness (QED) is 0.794. The summed E-state index contributed by atoms with van der Waals surface area (Å²) in [6.07, 6.45) is 2.99. The number of halogens is 1. The molecular formula is C16H16FNO2S. The molecule has 1 aromatic heterocycles. The second kappa shape index (κ2) is 5.93. The number of nitrogens with zero attached hydrogens (tertiary/aromatic N) is 1. The van der Waals surface area contributed by atoms with E-state index in [0.29, 0.717) is 16.6 Å². The van der Waals surface area contributed by atoms with Gasteiger partial charge in [-0.3, -0.25) is 0 Å². The molecule has 1 aliphatic rings. The van der Waals surface area contributed by atoms with Gasteiger partial charge in [-0.25, -0.2) is 14.2 Å². The minimum Gasteiger partial charge on any atom is -0.458 e. The molecule has 0 spiro atoms. The normalized spacial score (nSPS) is 21.4. The molecule has 1 fully saturated rings. The van der Waals surface area contributed by atoms with Crippen molar-refractivity contribution in [1.82, 2.24) is 4.98 Å². The zero-order valence-corrected chi connectivity index (χ0v) is 12.5. The van der Waals surface area contributed by atoms with Gasteiger partial charge in [0.05, 0.1) is 0 Å². The first-order valence-corrected chi connectivity index (χ1v) is 7.92. The molecular weight excluding hydrogens is 289 g/mol. The van der Waals surface area contributed by atoms with Crippen molar-refractivity contribution in [3.8, 4) is 10.6 Å². The third kappa shape index (κ3) is 3.29. The maximum Gasteiger partial charge on any atom is 0.358 e. The average molecular weight is 305 g/mol. The number of esters is 1. The van der Waals surface area contributed by atoms with Crippen LogP contribution in [0.15, 0.2) is 29.6 Å². The highest BCUT2D eigenvalue weighted by Gasteiger charge is 2.26. The van der Waals surface area contributed by atoms with Gasteiger partial charge in [-0.15, -0.1) is 11.3 Å². The lowest BCUT2D eigenvalue weighted by molar-refractivity contribution is 0.0305. The Kier molecular flexibility index (Phi) is 4.01. The summed E-state index contributed by atoms with van der Waals surface area (Å²) in [6.45, 7) is 2.17. The van der Waals surface area contributed by atoms with Gasteiger partial charge < -0.3 is 4.74 Å². The van der Waals surface area contributed by atoms with Crippen molar-refractivity contribution in [2.75, 3.05) is 0 Å². The molecule has 0 saturated heterocycles. The summed E-state index contributed by atoms with van der Waals surface area (Å²) in [5.74, 6) is -0.0305. The number of benzene rings is 1. The van der Waals surface area contributed by atoms with Gasteiger partial charge in [0.2, 0.25) is 0 Å². The van der Waals surface area contributed by atoms with Gasteiger partial charge in [-0.05, 0) is 49.4 Å². The van der Waals surface area contributed by atoms with E-state index in [-0.39, 0.29) is 17.9 Å². The first-order chi connectivity index (χ1) is 10.1. The molecule has 2 atom stereocenters. The smallest absolute Gasteiger partial charge is 0.358 e. The fourth-order valence-corrected chi connectivity index (χ4v) is 3.36. The van der Waals surface area contributed by atoms with E-state index < -0.39 is 0 Å². The van der Waals surface area contributed by atoms with Crippen LogP contribution >= 0.6 is 11.3 Å². The van der Waals surface area contributed by atoms with Crippen LogP contribution in [-0.2, 0) is 4.74 Å². The first-order valence-electron chi connectivity index (χ1n) is 7.04. The van der Waals surface area contributed by atoms with Crippen LogP contribution in [0.3, 0.4) is 0 Å². The molecule has 1 aromatic carbocycles. The summed E-state index contributed by atoms with van der Waals surface area (Å²) in [7, 11) is 0. The second-order valence-electron chi connectivity index (χ2n) is 5.49. The molecule has 2 aromatic rings. The number of hydrogen-bond acceptors (Lipinski definition) is 4. The minimum absolute atomic E-state index is 0.0171.